The highest BCUT2D eigenvalue weighted by Gasteiger charge is 2.24. The summed E-state index contributed by atoms with van der Waals surface area (Å²) in [5.74, 6) is -0.412. The lowest BCUT2D eigenvalue weighted by Crippen LogP contribution is -2.04. The van der Waals surface area contributed by atoms with Crippen LogP contribution >= 0.6 is 0 Å². The maximum absolute atomic E-state index is 13.4. The van der Waals surface area contributed by atoms with E-state index in [2.05, 4.69) is 4.98 Å². The first kappa shape index (κ1) is 13.8. The first-order valence-electron chi connectivity index (χ1n) is 6.50. The number of rotatable bonds is 2. The maximum Gasteiger partial charge on any atom is 0.208 e. The molecule has 0 aliphatic rings. The molecule has 0 atom stereocenters. The van der Waals surface area contributed by atoms with Gasteiger partial charge >= 0.3 is 0 Å². The third kappa shape index (κ3) is 2.14. The molecular weight excluding hydrogens is 289 g/mol. The predicted octanol–water partition coefficient (Wildman–Crippen LogP) is 3.76. The van der Waals surface area contributed by atoms with Crippen LogP contribution in [0.1, 0.15) is 11.3 Å². The molecule has 0 aliphatic carbocycles. The zero-order chi connectivity index (χ0) is 15.2. The minimum atomic E-state index is -3.69. The topological polar surface area (TPSA) is 49.9 Å². The fourth-order valence-corrected chi connectivity index (χ4v) is 4.24. The molecule has 0 fully saturated rings. The molecule has 21 heavy (non-hydrogen) atoms. The number of benzene rings is 2. The van der Waals surface area contributed by atoms with Gasteiger partial charge in [0, 0.05) is 16.6 Å². The SMILES string of the molecule is Cc1cc(S(=O)(=O)c2c(C)[nH]c3ccccc23)ccc1F. The number of hydrogen-bond donors (Lipinski definition) is 1. The van der Waals surface area contributed by atoms with Gasteiger partial charge in [-0.1, -0.05) is 18.2 Å². The third-order valence-electron chi connectivity index (χ3n) is 3.54. The molecule has 108 valence electrons. The van der Waals surface area contributed by atoms with Gasteiger partial charge in [0.2, 0.25) is 9.84 Å². The summed E-state index contributed by atoms with van der Waals surface area (Å²) in [6.07, 6.45) is 0. The van der Waals surface area contributed by atoms with E-state index in [1.54, 1.807) is 26.0 Å². The van der Waals surface area contributed by atoms with Crippen molar-refractivity contribution in [1.82, 2.24) is 4.98 Å². The Morgan fingerprint density at radius 1 is 1.05 bits per heavy atom. The van der Waals surface area contributed by atoms with Crippen molar-refractivity contribution in [3.8, 4) is 0 Å². The highest BCUT2D eigenvalue weighted by Crippen LogP contribution is 2.31. The maximum atomic E-state index is 13.4. The second kappa shape index (κ2) is 4.70. The summed E-state index contributed by atoms with van der Waals surface area (Å²) in [7, 11) is -3.69. The van der Waals surface area contributed by atoms with Gasteiger partial charge in [0.15, 0.2) is 0 Å². The molecule has 3 aromatic rings. The number of fused-ring (bicyclic) bond motifs is 1. The molecule has 1 N–H and O–H groups in total. The van der Waals surface area contributed by atoms with Gasteiger partial charge in [0.1, 0.15) is 5.82 Å². The van der Waals surface area contributed by atoms with E-state index in [1.807, 2.05) is 12.1 Å². The van der Waals surface area contributed by atoms with E-state index in [1.165, 1.54) is 18.2 Å². The number of aromatic nitrogens is 1. The summed E-state index contributed by atoms with van der Waals surface area (Å²) < 4.78 is 39.1. The molecule has 3 rings (SSSR count). The normalized spacial score (nSPS) is 12.0. The van der Waals surface area contributed by atoms with Gasteiger partial charge in [0.25, 0.3) is 0 Å². The number of halogens is 1. The van der Waals surface area contributed by atoms with Crippen LogP contribution in [0.2, 0.25) is 0 Å². The van der Waals surface area contributed by atoms with Gasteiger partial charge in [-0.15, -0.1) is 0 Å². The van der Waals surface area contributed by atoms with E-state index < -0.39 is 15.7 Å². The molecule has 5 heteroatoms. The first-order valence-corrected chi connectivity index (χ1v) is 7.98. The Kier molecular flexibility index (Phi) is 3.10. The number of para-hydroxylation sites is 1. The smallest absolute Gasteiger partial charge is 0.208 e. The van der Waals surface area contributed by atoms with E-state index >= 15 is 0 Å². The Labute approximate surface area is 122 Å². The lowest BCUT2D eigenvalue weighted by Gasteiger charge is -2.06. The van der Waals surface area contributed by atoms with E-state index in [9.17, 15) is 12.8 Å². The van der Waals surface area contributed by atoms with Gasteiger partial charge in [0.05, 0.1) is 9.79 Å². The average Bonchev–Trinajstić information content (AvgIpc) is 2.78. The molecule has 1 aromatic heterocycles. The molecule has 1 heterocycles. The highest BCUT2D eigenvalue weighted by molar-refractivity contribution is 7.91. The Morgan fingerprint density at radius 3 is 2.48 bits per heavy atom. The Bertz CT molecular complexity index is 942. The zero-order valence-electron chi connectivity index (χ0n) is 11.6. The molecule has 2 aromatic carbocycles. The molecule has 0 aliphatic heterocycles. The minimum absolute atomic E-state index is 0.106. The number of hydrogen-bond acceptors (Lipinski definition) is 2. The molecule has 0 radical (unpaired) electrons. The van der Waals surface area contributed by atoms with Crippen LogP contribution in [0.5, 0.6) is 0 Å². The van der Waals surface area contributed by atoms with Crippen molar-refractivity contribution in [3.05, 3.63) is 59.5 Å². The van der Waals surface area contributed by atoms with E-state index in [-0.39, 0.29) is 9.79 Å². The average molecular weight is 303 g/mol. The number of sulfone groups is 1. The number of aromatic amines is 1. The van der Waals surface area contributed by atoms with Gasteiger partial charge in [-0.25, -0.2) is 12.8 Å². The van der Waals surface area contributed by atoms with E-state index in [0.29, 0.717) is 16.6 Å². The third-order valence-corrected chi connectivity index (χ3v) is 5.48. The van der Waals surface area contributed by atoms with Crippen molar-refractivity contribution < 1.29 is 12.8 Å². The molecule has 0 bridgehead atoms. The fraction of sp³-hybridized carbons (Fsp3) is 0.125. The Balaban J connectivity index is 2.30. The Hall–Kier alpha value is -2.14. The predicted molar refractivity (Wildman–Crippen MR) is 79.6 cm³/mol. The fourth-order valence-electron chi connectivity index (χ4n) is 2.50. The van der Waals surface area contributed by atoms with Crippen LogP contribution in [0, 0.1) is 19.7 Å². The van der Waals surface area contributed by atoms with Gasteiger partial charge in [-0.3, -0.25) is 0 Å². The number of nitrogens with one attached hydrogen (secondary N) is 1. The van der Waals surface area contributed by atoms with Crippen molar-refractivity contribution in [1.29, 1.82) is 0 Å². The van der Waals surface area contributed by atoms with Crippen LogP contribution in [0.4, 0.5) is 4.39 Å². The summed E-state index contributed by atoms with van der Waals surface area (Å²) >= 11 is 0. The lowest BCUT2D eigenvalue weighted by molar-refractivity contribution is 0.594. The summed E-state index contributed by atoms with van der Waals surface area (Å²) in [6, 6.07) is 11.1. The first-order chi connectivity index (χ1) is 9.91. The molecule has 0 saturated carbocycles. The van der Waals surface area contributed by atoms with Gasteiger partial charge in [-0.05, 0) is 43.7 Å². The van der Waals surface area contributed by atoms with Crippen LogP contribution in [-0.2, 0) is 9.84 Å². The lowest BCUT2D eigenvalue weighted by atomic mass is 10.2. The van der Waals surface area contributed by atoms with Crippen molar-refractivity contribution in [3.63, 3.8) is 0 Å². The van der Waals surface area contributed by atoms with Crippen LogP contribution in [0.15, 0.2) is 52.3 Å². The van der Waals surface area contributed by atoms with Crippen LogP contribution in [0.25, 0.3) is 10.9 Å². The second-order valence-corrected chi connectivity index (χ2v) is 6.93. The van der Waals surface area contributed by atoms with Crippen LogP contribution < -0.4 is 0 Å². The van der Waals surface area contributed by atoms with E-state index in [0.717, 1.165) is 5.52 Å². The number of H-pyrrole nitrogens is 1. The molecule has 0 unspecified atom stereocenters. The number of aryl methyl sites for hydroxylation is 2. The van der Waals surface area contributed by atoms with Crippen molar-refractivity contribution >= 4 is 20.7 Å². The quantitative estimate of drug-likeness (QED) is 0.733. The standard InChI is InChI=1S/C16H14FNO2S/c1-10-9-12(7-8-14(10)17)21(19,20)16-11(2)18-15-6-4-3-5-13(15)16/h3-9,18H,1-2H3. The van der Waals surface area contributed by atoms with Gasteiger partial charge < -0.3 is 4.98 Å². The molecule has 3 nitrogen and oxygen atoms in total. The van der Waals surface area contributed by atoms with Crippen molar-refractivity contribution in [2.45, 2.75) is 23.6 Å². The largest absolute Gasteiger partial charge is 0.358 e. The van der Waals surface area contributed by atoms with Crippen LogP contribution in [-0.4, -0.2) is 13.4 Å². The molecule has 0 spiro atoms. The zero-order valence-corrected chi connectivity index (χ0v) is 12.5. The summed E-state index contributed by atoms with van der Waals surface area (Å²) in [6.45, 7) is 3.28. The monoisotopic (exact) mass is 303 g/mol. The molecule has 0 saturated heterocycles. The minimum Gasteiger partial charge on any atom is -0.358 e. The molecule has 0 amide bonds. The van der Waals surface area contributed by atoms with Gasteiger partial charge in [-0.2, -0.15) is 0 Å². The summed E-state index contributed by atoms with van der Waals surface area (Å²) in [5.41, 5.74) is 1.67. The Morgan fingerprint density at radius 2 is 1.76 bits per heavy atom. The summed E-state index contributed by atoms with van der Waals surface area (Å²) in [4.78, 5) is 3.44. The molecular formula is C16H14FNO2S. The second-order valence-electron chi connectivity index (χ2n) is 5.04. The van der Waals surface area contributed by atoms with Crippen LogP contribution in [0.3, 0.4) is 0 Å². The van der Waals surface area contributed by atoms with Crippen molar-refractivity contribution in [2.24, 2.45) is 0 Å². The van der Waals surface area contributed by atoms with Crippen molar-refractivity contribution in [2.75, 3.05) is 0 Å². The highest BCUT2D eigenvalue weighted by atomic mass is 32.2. The summed E-state index contributed by atoms with van der Waals surface area (Å²) in [5, 5.41) is 0.650. The van der Waals surface area contributed by atoms with E-state index in [4.69, 9.17) is 0 Å².